The van der Waals surface area contributed by atoms with Gasteiger partial charge in [0.05, 0.1) is 11.2 Å². The van der Waals surface area contributed by atoms with Crippen molar-refractivity contribution < 1.29 is 4.43 Å². The van der Waals surface area contributed by atoms with E-state index in [0.717, 1.165) is 28.9 Å². The second-order valence-electron chi connectivity index (χ2n) is 8.36. The van der Waals surface area contributed by atoms with Crippen LogP contribution in [0.15, 0.2) is 42.5 Å². The predicted molar refractivity (Wildman–Crippen MR) is 113 cm³/mol. The number of halogens is 1. The van der Waals surface area contributed by atoms with Crippen molar-refractivity contribution in [2.75, 3.05) is 0 Å². The summed E-state index contributed by atoms with van der Waals surface area (Å²) in [5, 5.41) is 0.604. The van der Waals surface area contributed by atoms with Gasteiger partial charge >= 0.3 is 0 Å². The molecule has 0 aliphatic rings. The zero-order valence-corrected chi connectivity index (χ0v) is 18.2. The highest BCUT2D eigenvalue weighted by Gasteiger charge is 2.40. The number of benzene rings is 1. The van der Waals surface area contributed by atoms with Crippen LogP contribution < -0.4 is 4.43 Å². The van der Waals surface area contributed by atoms with Gasteiger partial charge in [-0.05, 0) is 35.8 Å². The molecule has 0 radical (unpaired) electrons. The van der Waals surface area contributed by atoms with E-state index in [4.69, 9.17) is 16.0 Å². The quantitative estimate of drug-likeness (QED) is 0.394. The molecule has 0 amide bonds. The van der Waals surface area contributed by atoms with Crippen molar-refractivity contribution in [1.82, 2.24) is 9.55 Å². The maximum absolute atomic E-state index is 6.76. The van der Waals surface area contributed by atoms with E-state index in [9.17, 15) is 0 Å². The third-order valence-corrected chi connectivity index (χ3v) is 10.00. The van der Waals surface area contributed by atoms with Crippen molar-refractivity contribution in [3.8, 4) is 5.75 Å². The van der Waals surface area contributed by atoms with Gasteiger partial charge in [0, 0.05) is 13.5 Å². The van der Waals surface area contributed by atoms with Gasteiger partial charge in [0.25, 0.3) is 8.32 Å². The van der Waals surface area contributed by atoms with E-state index in [1.165, 1.54) is 5.56 Å². The highest BCUT2D eigenvalue weighted by Crippen LogP contribution is 2.41. The van der Waals surface area contributed by atoms with E-state index in [-0.39, 0.29) is 5.04 Å². The molecule has 0 N–H and O–H groups in total. The fourth-order valence-corrected chi connectivity index (χ4v) is 3.98. The Balaban J connectivity index is 2.18. The van der Waals surface area contributed by atoms with Gasteiger partial charge in [-0.2, -0.15) is 0 Å². The second-order valence-corrected chi connectivity index (χ2v) is 13.5. The molecule has 0 spiro atoms. The molecule has 3 nitrogen and oxygen atoms in total. The zero-order valence-electron chi connectivity index (χ0n) is 16.4. The highest BCUT2D eigenvalue weighted by atomic mass is 35.5. The van der Waals surface area contributed by atoms with E-state index in [2.05, 4.69) is 74.7 Å². The van der Waals surface area contributed by atoms with Gasteiger partial charge in [0.1, 0.15) is 10.7 Å². The lowest BCUT2D eigenvalue weighted by Gasteiger charge is -2.36. The largest absolute Gasteiger partial charge is 0.541 e. The Morgan fingerprint density at radius 3 is 2.35 bits per heavy atom. The van der Waals surface area contributed by atoms with Crippen LogP contribution in [0.5, 0.6) is 5.75 Å². The summed E-state index contributed by atoms with van der Waals surface area (Å²) in [5.41, 5.74) is 4.31. The molecule has 0 saturated carbocycles. The summed E-state index contributed by atoms with van der Waals surface area (Å²) in [6.07, 6.45) is 0.801. The molecule has 0 unspecified atom stereocenters. The molecular weight excluding hydrogens is 360 g/mol. The molecule has 26 heavy (non-hydrogen) atoms. The second kappa shape index (κ2) is 6.75. The van der Waals surface area contributed by atoms with Crippen molar-refractivity contribution in [3.05, 3.63) is 58.9 Å². The Morgan fingerprint density at radius 1 is 1.08 bits per heavy atom. The number of rotatable bonds is 4. The van der Waals surface area contributed by atoms with Crippen LogP contribution in [0.2, 0.25) is 23.3 Å². The first-order chi connectivity index (χ1) is 12.1. The molecule has 138 valence electrons. The summed E-state index contributed by atoms with van der Waals surface area (Å²) in [7, 11) is 0.0660. The number of pyridine rings is 1. The predicted octanol–water partition coefficient (Wildman–Crippen LogP) is 6.20. The van der Waals surface area contributed by atoms with Crippen molar-refractivity contribution in [2.24, 2.45) is 7.05 Å². The number of hydrogen-bond donors (Lipinski definition) is 0. The Bertz CT molecular complexity index is 927. The normalized spacial score (nSPS) is 12.6. The van der Waals surface area contributed by atoms with Crippen molar-refractivity contribution >= 4 is 31.0 Å². The Kier molecular flexibility index (Phi) is 4.93. The van der Waals surface area contributed by atoms with Crippen molar-refractivity contribution in [3.63, 3.8) is 0 Å². The molecule has 0 bridgehead atoms. The standard InChI is InChI=1S/C21H27ClN2OSi/c1-21(2,3)26(5,6)25-20-17(14-15-10-8-7-9-11-15)24(4)16-12-13-18(22)23-19(16)20/h7-13H,14H2,1-6H3. The molecule has 3 aromatic rings. The minimum atomic E-state index is -2.01. The van der Waals surface area contributed by atoms with Gasteiger partial charge < -0.3 is 8.99 Å². The molecule has 2 heterocycles. The van der Waals surface area contributed by atoms with Gasteiger partial charge in [-0.25, -0.2) is 4.98 Å². The van der Waals surface area contributed by atoms with E-state index in [1.54, 1.807) is 0 Å². The summed E-state index contributed by atoms with van der Waals surface area (Å²) < 4.78 is 8.94. The third-order valence-electron chi connectivity index (χ3n) is 5.46. The molecule has 1 aromatic carbocycles. The van der Waals surface area contributed by atoms with Gasteiger partial charge in [-0.1, -0.05) is 62.7 Å². The Labute approximate surface area is 162 Å². The molecule has 2 aromatic heterocycles. The van der Waals surface area contributed by atoms with Crippen LogP contribution in [-0.2, 0) is 13.5 Å². The smallest absolute Gasteiger partial charge is 0.250 e. The third kappa shape index (κ3) is 3.53. The Hall–Kier alpha value is -1.78. The van der Waals surface area contributed by atoms with E-state index < -0.39 is 8.32 Å². The molecule has 5 heteroatoms. The summed E-state index contributed by atoms with van der Waals surface area (Å²) in [6, 6.07) is 14.3. The monoisotopic (exact) mass is 386 g/mol. The van der Waals surface area contributed by atoms with Crippen LogP contribution in [0.25, 0.3) is 11.0 Å². The number of aryl methyl sites for hydroxylation is 1. The lowest BCUT2D eigenvalue weighted by atomic mass is 10.1. The number of hydrogen-bond acceptors (Lipinski definition) is 2. The maximum Gasteiger partial charge on any atom is 0.250 e. The molecule has 3 rings (SSSR count). The lowest BCUT2D eigenvalue weighted by Crippen LogP contribution is -2.44. The van der Waals surface area contributed by atoms with Gasteiger partial charge in [-0.15, -0.1) is 0 Å². The van der Waals surface area contributed by atoms with E-state index in [0.29, 0.717) is 5.15 Å². The first kappa shape index (κ1) is 19.0. The van der Waals surface area contributed by atoms with Crippen LogP contribution in [-0.4, -0.2) is 17.9 Å². The molecule has 0 saturated heterocycles. The first-order valence-corrected chi connectivity index (χ1v) is 12.3. The molecule has 0 atom stereocenters. The fourth-order valence-electron chi connectivity index (χ4n) is 2.80. The number of nitrogens with zero attached hydrogens (tertiary/aromatic N) is 2. The molecule has 0 fully saturated rings. The average molecular weight is 387 g/mol. The van der Waals surface area contributed by atoms with E-state index in [1.807, 2.05) is 18.2 Å². The van der Waals surface area contributed by atoms with Crippen LogP contribution in [0.3, 0.4) is 0 Å². The minimum Gasteiger partial charge on any atom is -0.541 e. The summed E-state index contributed by atoms with van der Waals surface area (Å²) in [5.74, 6) is 0.889. The minimum absolute atomic E-state index is 0.109. The topological polar surface area (TPSA) is 27.1 Å². The first-order valence-electron chi connectivity index (χ1n) is 8.97. The van der Waals surface area contributed by atoms with Crippen molar-refractivity contribution in [2.45, 2.75) is 45.3 Å². The van der Waals surface area contributed by atoms with Crippen molar-refractivity contribution in [1.29, 1.82) is 0 Å². The SMILES string of the molecule is Cn1c(Cc2ccccc2)c(O[Si](C)(C)C(C)(C)C)c2nc(Cl)ccc21. The summed E-state index contributed by atoms with van der Waals surface area (Å²) in [4.78, 5) is 4.61. The summed E-state index contributed by atoms with van der Waals surface area (Å²) >= 11 is 6.21. The van der Waals surface area contributed by atoms with Crippen LogP contribution in [0.1, 0.15) is 32.0 Å². The number of aromatic nitrogens is 2. The van der Waals surface area contributed by atoms with Crippen LogP contribution in [0, 0.1) is 0 Å². The van der Waals surface area contributed by atoms with E-state index >= 15 is 0 Å². The van der Waals surface area contributed by atoms with Gasteiger partial charge in [-0.3, -0.25) is 0 Å². The average Bonchev–Trinajstić information content (AvgIpc) is 2.79. The molecule has 0 aliphatic heterocycles. The Morgan fingerprint density at radius 2 is 1.73 bits per heavy atom. The number of fused-ring (bicyclic) bond motifs is 1. The lowest BCUT2D eigenvalue weighted by molar-refractivity contribution is 0.489. The van der Waals surface area contributed by atoms with Gasteiger partial charge in [0.2, 0.25) is 0 Å². The van der Waals surface area contributed by atoms with Gasteiger partial charge in [0.15, 0.2) is 5.75 Å². The molecule has 0 aliphatic carbocycles. The maximum atomic E-state index is 6.76. The fraction of sp³-hybridized carbons (Fsp3) is 0.381. The van der Waals surface area contributed by atoms with Crippen LogP contribution in [0.4, 0.5) is 0 Å². The zero-order chi connectivity index (χ0) is 19.1. The van der Waals surface area contributed by atoms with Crippen LogP contribution >= 0.6 is 11.6 Å². The molecular formula is C21H27ClN2OSi. The summed E-state index contributed by atoms with van der Waals surface area (Å²) in [6.45, 7) is 11.3. The highest BCUT2D eigenvalue weighted by molar-refractivity contribution is 6.74.